The molecule has 0 radical (unpaired) electrons. The van der Waals surface area contributed by atoms with Crippen molar-refractivity contribution in [1.82, 2.24) is 19.9 Å². The van der Waals surface area contributed by atoms with E-state index in [1.807, 2.05) is 23.4 Å². The first kappa shape index (κ1) is 22.0. The highest BCUT2D eigenvalue weighted by Gasteiger charge is 2.27. The monoisotopic (exact) mass is 464 g/mol. The summed E-state index contributed by atoms with van der Waals surface area (Å²) in [4.78, 5) is 28.6. The molecule has 2 unspecified atom stereocenters. The topological polar surface area (TPSA) is 68.2 Å². The van der Waals surface area contributed by atoms with Crippen LogP contribution >= 0.6 is 34.9 Å². The van der Waals surface area contributed by atoms with Crippen molar-refractivity contribution in [3.05, 3.63) is 28.5 Å². The minimum absolute atomic E-state index is 0.192. The molecular weight excluding hydrogens is 436 g/mol. The van der Waals surface area contributed by atoms with E-state index >= 15 is 0 Å². The van der Waals surface area contributed by atoms with Gasteiger partial charge >= 0.3 is 0 Å². The number of likely N-dealkylation sites (tertiary alicyclic amines) is 1. The first-order chi connectivity index (χ1) is 14.6. The highest BCUT2D eigenvalue weighted by atomic mass is 32.2. The number of nitrogens with zero attached hydrogens (tertiary/aromatic N) is 4. The van der Waals surface area contributed by atoms with Gasteiger partial charge in [-0.2, -0.15) is 0 Å². The Morgan fingerprint density at radius 3 is 2.93 bits per heavy atom. The summed E-state index contributed by atoms with van der Waals surface area (Å²) in [6, 6.07) is 0. The smallest absolute Gasteiger partial charge is 0.233 e. The van der Waals surface area contributed by atoms with E-state index in [0.29, 0.717) is 11.9 Å². The molecule has 0 N–H and O–H groups in total. The van der Waals surface area contributed by atoms with Gasteiger partial charge < -0.3 is 9.64 Å². The van der Waals surface area contributed by atoms with Crippen molar-refractivity contribution in [2.45, 2.75) is 61.0 Å². The van der Waals surface area contributed by atoms with Crippen LogP contribution in [0.3, 0.4) is 0 Å². The third kappa shape index (κ3) is 5.75. The van der Waals surface area contributed by atoms with Crippen molar-refractivity contribution in [2.24, 2.45) is 0 Å². The largest absolute Gasteiger partial charge is 0.377 e. The van der Waals surface area contributed by atoms with Crippen LogP contribution in [0.2, 0.25) is 0 Å². The standard InChI is InChI=1S/C21H28N4O2S3/c1-14-9-22-20(28-12-17-6-4-8-27-17)24-19(14)16-5-3-7-25(10-16)18(26)13-30-21-23-15(2)11-29-21/h9,11,16-17H,3-8,10,12-13H2,1-2H3. The number of carbonyl (C=O) groups is 1. The van der Waals surface area contributed by atoms with Crippen LogP contribution in [-0.2, 0) is 9.53 Å². The van der Waals surface area contributed by atoms with E-state index < -0.39 is 0 Å². The maximum atomic E-state index is 12.8. The zero-order chi connectivity index (χ0) is 20.9. The summed E-state index contributed by atoms with van der Waals surface area (Å²) in [6.07, 6.45) is 6.61. The molecule has 0 bridgehead atoms. The Bertz CT molecular complexity index is 870. The first-order valence-electron chi connectivity index (χ1n) is 10.5. The molecular formula is C21H28N4O2S3. The lowest BCUT2D eigenvalue weighted by Crippen LogP contribution is -2.40. The van der Waals surface area contributed by atoms with Crippen LogP contribution in [0, 0.1) is 13.8 Å². The fourth-order valence-electron chi connectivity index (χ4n) is 3.90. The Kier molecular flexibility index (Phi) is 7.67. The molecule has 162 valence electrons. The van der Waals surface area contributed by atoms with Gasteiger partial charge in [0.2, 0.25) is 5.91 Å². The van der Waals surface area contributed by atoms with Gasteiger partial charge in [0.1, 0.15) is 0 Å². The molecule has 1 amide bonds. The maximum Gasteiger partial charge on any atom is 0.233 e. The minimum Gasteiger partial charge on any atom is -0.377 e. The molecule has 4 heterocycles. The number of thiazole rings is 1. The summed E-state index contributed by atoms with van der Waals surface area (Å²) >= 11 is 4.83. The highest BCUT2D eigenvalue weighted by Crippen LogP contribution is 2.30. The molecule has 2 aliphatic rings. The Hall–Kier alpha value is -1.16. The van der Waals surface area contributed by atoms with E-state index in [1.165, 1.54) is 11.8 Å². The summed E-state index contributed by atoms with van der Waals surface area (Å²) < 4.78 is 6.68. The SMILES string of the molecule is Cc1csc(SCC(=O)N2CCCC(c3nc(SCC4CCCO4)ncc3C)C2)n1. The molecule has 0 aliphatic carbocycles. The molecule has 30 heavy (non-hydrogen) atoms. The number of carbonyl (C=O) groups excluding carboxylic acids is 1. The number of hydrogen-bond donors (Lipinski definition) is 0. The predicted molar refractivity (Wildman–Crippen MR) is 123 cm³/mol. The highest BCUT2D eigenvalue weighted by molar-refractivity contribution is 8.01. The van der Waals surface area contributed by atoms with Gasteiger partial charge in [0.25, 0.3) is 0 Å². The molecule has 2 atom stereocenters. The lowest BCUT2D eigenvalue weighted by atomic mass is 9.92. The molecule has 0 aromatic carbocycles. The van der Waals surface area contributed by atoms with E-state index in [2.05, 4.69) is 16.9 Å². The Labute approximate surface area is 190 Å². The van der Waals surface area contributed by atoms with E-state index in [-0.39, 0.29) is 11.8 Å². The summed E-state index contributed by atoms with van der Waals surface area (Å²) in [7, 11) is 0. The molecule has 0 saturated carbocycles. The number of ether oxygens (including phenoxy) is 1. The van der Waals surface area contributed by atoms with Crippen LogP contribution in [0.1, 0.15) is 48.6 Å². The lowest BCUT2D eigenvalue weighted by molar-refractivity contribution is -0.129. The summed E-state index contributed by atoms with van der Waals surface area (Å²) in [5.41, 5.74) is 3.23. The molecule has 2 saturated heterocycles. The number of aryl methyl sites for hydroxylation is 2. The van der Waals surface area contributed by atoms with Gasteiger partial charge in [0.15, 0.2) is 9.50 Å². The predicted octanol–water partition coefficient (Wildman–Crippen LogP) is 4.32. The molecule has 9 heteroatoms. The maximum absolute atomic E-state index is 12.8. The van der Waals surface area contributed by atoms with E-state index in [1.54, 1.807) is 23.1 Å². The Morgan fingerprint density at radius 2 is 2.17 bits per heavy atom. The average Bonchev–Trinajstić information content (AvgIpc) is 3.43. The van der Waals surface area contributed by atoms with Crippen molar-refractivity contribution in [3.8, 4) is 0 Å². The molecule has 6 nitrogen and oxygen atoms in total. The Morgan fingerprint density at radius 1 is 1.27 bits per heavy atom. The molecule has 2 aliphatic heterocycles. The van der Waals surface area contributed by atoms with Crippen LogP contribution < -0.4 is 0 Å². The lowest BCUT2D eigenvalue weighted by Gasteiger charge is -2.33. The first-order valence-corrected chi connectivity index (χ1v) is 13.3. The quantitative estimate of drug-likeness (QED) is 0.446. The second kappa shape index (κ2) is 10.4. The van der Waals surface area contributed by atoms with Gasteiger partial charge in [-0.25, -0.2) is 15.0 Å². The molecule has 2 aromatic heterocycles. The second-order valence-electron chi connectivity index (χ2n) is 7.89. The van der Waals surface area contributed by atoms with Gasteiger partial charge in [-0.05, 0) is 45.1 Å². The third-order valence-corrected chi connectivity index (χ3v) is 8.61. The number of aromatic nitrogens is 3. The van der Waals surface area contributed by atoms with Crippen molar-refractivity contribution >= 4 is 40.8 Å². The van der Waals surface area contributed by atoms with Gasteiger partial charge in [-0.3, -0.25) is 4.79 Å². The van der Waals surface area contributed by atoms with E-state index in [4.69, 9.17) is 9.72 Å². The number of hydrogen-bond acceptors (Lipinski definition) is 8. The van der Waals surface area contributed by atoms with E-state index in [9.17, 15) is 4.79 Å². The molecule has 2 fully saturated rings. The Balaban J connectivity index is 1.35. The van der Waals surface area contributed by atoms with E-state index in [0.717, 1.165) is 77.6 Å². The average molecular weight is 465 g/mol. The van der Waals surface area contributed by atoms with Gasteiger partial charge in [0, 0.05) is 48.6 Å². The normalized spacial score (nSPS) is 21.9. The fourth-order valence-corrected chi connectivity index (χ4v) is 6.54. The van der Waals surface area contributed by atoms with Crippen LogP contribution in [0.25, 0.3) is 0 Å². The molecule has 4 rings (SSSR count). The fraction of sp³-hybridized carbons (Fsp3) is 0.619. The second-order valence-corrected chi connectivity index (χ2v) is 11.0. The van der Waals surface area contributed by atoms with Gasteiger partial charge in [-0.15, -0.1) is 11.3 Å². The minimum atomic E-state index is 0.192. The summed E-state index contributed by atoms with van der Waals surface area (Å²) in [5, 5.41) is 2.85. The summed E-state index contributed by atoms with van der Waals surface area (Å²) in [6.45, 7) is 6.50. The van der Waals surface area contributed by atoms with Crippen molar-refractivity contribution < 1.29 is 9.53 Å². The number of amides is 1. The molecule has 0 spiro atoms. The molecule has 2 aromatic rings. The van der Waals surface area contributed by atoms with Gasteiger partial charge in [0.05, 0.1) is 17.6 Å². The van der Waals surface area contributed by atoms with Crippen LogP contribution in [-0.4, -0.2) is 63.1 Å². The number of rotatable bonds is 7. The zero-order valence-corrected chi connectivity index (χ0v) is 20.0. The third-order valence-electron chi connectivity index (χ3n) is 5.49. The van der Waals surface area contributed by atoms with Crippen molar-refractivity contribution in [3.63, 3.8) is 0 Å². The summed E-state index contributed by atoms with van der Waals surface area (Å²) in [5.74, 6) is 1.83. The van der Waals surface area contributed by atoms with Gasteiger partial charge in [-0.1, -0.05) is 23.5 Å². The van der Waals surface area contributed by atoms with Crippen LogP contribution in [0.15, 0.2) is 21.1 Å². The number of piperidine rings is 1. The van der Waals surface area contributed by atoms with Crippen molar-refractivity contribution in [1.29, 1.82) is 0 Å². The van der Waals surface area contributed by atoms with Crippen molar-refractivity contribution in [2.75, 3.05) is 31.2 Å². The van der Waals surface area contributed by atoms with Crippen LogP contribution in [0.4, 0.5) is 0 Å². The van der Waals surface area contributed by atoms with Crippen LogP contribution in [0.5, 0.6) is 0 Å². The number of thioether (sulfide) groups is 2. The zero-order valence-electron chi connectivity index (χ0n) is 17.5.